The number of hydrogen-bond donors (Lipinski definition) is 3. The number of carbonyl (C=O) groups excluding carboxylic acids is 1. The van der Waals surface area contributed by atoms with Crippen LogP contribution >= 0.6 is 11.3 Å². The third kappa shape index (κ3) is 2.66. The maximum Gasteiger partial charge on any atom is 0.257 e. The van der Waals surface area contributed by atoms with Crippen LogP contribution in [0, 0.1) is 6.92 Å². The lowest BCUT2D eigenvalue weighted by molar-refractivity contribution is 0.102. The van der Waals surface area contributed by atoms with Gasteiger partial charge in [0.05, 0.1) is 20.8 Å². The van der Waals surface area contributed by atoms with E-state index in [1.54, 1.807) is 29.5 Å². The number of nitrogens with zero attached hydrogens (tertiary/aromatic N) is 1. The molecule has 106 valence electrons. The molecule has 0 aliphatic heterocycles. The lowest BCUT2D eigenvalue weighted by atomic mass is 10.1. The minimum Gasteiger partial charge on any atom is -0.399 e. The number of rotatable bonds is 2. The van der Waals surface area contributed by atoms with Crippen LogP contribution in [0.15, 0.2) is 36.4 Å². The van der Waals surface area contributed by atoms with Crippen molar-refractivity contribution >= 4 is 44.5 Å². The zero-order valence-corrected chi connectivity index (χ0v) is 12.2. The number of aromatic nitrogens is 1. The molecular weight excluding hydrogens is 284 g/mol. The van der Waals surface area contributed by atoms with Crippen molar-refractivity contribution in [3.63, 3.8) is 0 Å². The van der Waals surface area contributed by atoms with Gasteiger partial charge in [0.15, 0.2) is 0 Å². The zero-order chi connectivity index (χ0) is 15.0. The zero-order valence-electron chi connectivity index (χ0n) is 11.4. The number of fused-ring (bicyclic) bond motifs is 1. The first-order valence-electron chi connectivity index (χ1n) is 6.36. The van der Waals surface area contributed by atoms with Crippen molar-refractivity contribution in [1.82, 2.24) is 4.98 Å². The Bertz CT molecular complexity index is 841. The van der Waals surface area contributed by atoms with Gasteiger partial charge >= 0.3 is 0 Å². The second-order valence-electron chi connectivity index (χ2n) is 4.72. The van der Waals surface area contributed by atoms with E-state index in [9.17, 15) is 4.79 Å². The van der Waals surface area contributed by atoms with Crippen molar-refractivity contribution < 1.29 is 4.79 Å². The number of nitrogens with one attached hydrogen (secondary N) is 1. The van der Waals surface area contributed by atoms with E-state index < -0.39 is 0 Å². The van der Waals surface area contributed by atoms with E-state index in [1.165, 1.54) is 0 Å². The Morgan fingerprint density at radius 1 is 1.19 bits per heavy atom. The molecule has 5 nitrogen and oxygen atoms in total. The molecule has 1 amide bonds. The standard InChI is InChI=1S/C15H14N4OS/c1-8-18-13-5-3-10(7-14(13)21-8)19-15(20)11-4-2-9(16)6-12(11)17/h2-7H,16-17H2,1H3,(H,19,20). The first kappa shape index (κ1) is 13.4. The Hall–Kier alpha value is -2.60. The number of anilines is 3. The molecule has 0 spiro atoms. The average Bonchev–Trinajstić information content (AvgIpc) is 2.77. The summed E-state index contributed by atoms with van der Waals surface area (Å²) in [6, 6.07) is 10.5. The molecule has 21 heavy (non-hydrogen) atoms. The van der Waals surface area contributed by atoms with Gasteiger partial charge in [0.2, 0.25) is 0 Å². The first-order valence-corrected chi connectivity index (χ1v) is 7.18. The Morgan fingerprint density at radius 3 is 2.76 bits per heavy atom. The van der Waals surface area contributed by atoms with Crippen LogP contribution in [0.3, 0.4) is 0 Å². The van der Waals surface area contributed by atoms with Gasteiger partial charge in [0.25, 0.3) is 5.91 Å². The van der Waals surface area contributed by atoms with Crippen molar-refractivity contribution in [3.8, 4) is 0 Å². The van der Waals surface area contributed by atoms with Crippen LogP contribution in [0.4, 0.5) is 17.1 Å². The van der Waals surface area contributed by atoms with Crippen LogP contribution in [-0.4, -0.2) is 10.9 Å². The number of aryl methyl sites for hydroxylation is 1. The summed E-state index contributed by atoms with van der Waals surface area (Å²) < 4.78 is 1.04. The molecule has 1 heterocycles. The van der Waals surface area contributed by atoms with E-state index >= 15 is 0 Å². The summed E-state index contributed by atoms with van der Waals surface area (Å²) in [4.78, 5) is 16.6. The monoisotopic (exact) mass is 298 g/mol. The van der Waals surface area contributed by atoms with Crippen LogP contribution in [-0.2, 0) is 0 Å². The molecule has 0 fully saturated rings. The van der Waals surface area contributed by atoms with E-state index in [2.05, 4.69) is 10.3 Å². The Kier molecular flexibility index (Phi) is 3.23. The van der Waals surface area contributed by atoms with Gasteiger partial charge in [-0.15, -0.1) is 11.3 Å². The fourth-order valence-electron chi connectivity index (χ4n) is 2.10. The Labute approximate surface area is 125 Å². The number of nitrogen functional groups attached to an aromatic ring is 2. The highest BCUT2D eigenvalue weighted by molar-refractivity contribution is 7.18. The minimum absolute atomic E-state index is 0.256. The quantitative estimate of drug-likeness (QED) is 0.634. The molecule has 0 aliphatic rings. The van der Waals surface area contributed by atoms with E-state index in [-0.39, 0.29) is 5.91 Å². The molecule has 5 N–H and O–H groups in total. The van der Waals surface area contributed by atoms with Crippen molar-refractivity contribution in [3.05, 3.63) is 47.0 Å². The normalized spacial score (nSPS) is 10.7. The molecular formula is C15H14N4OS. The molecule has 3 aromatic rings. The van der Waals surface area contributed by atoms with Crippen molar-refractivity contribution in [2.45, 2.75) is 6.92 Å². The predicted octanol–water partition coefficient (Wildman–Crippen LogP) is 3.02. The first-order chi connectivity index (χ1) is 10.0. The number of hydrogen-bond acceptors (Lipinski definition) is 5. The van der Waals surface area contributed by atoms with Crippen LogP contribution < -0.4 is 16.8 Å². The fraction of sp³-hybridized carbons (Fsp3) is 0.0667. The summed E-state index contributed by atoms with van der Waals surface area (Å²) >= 11 is 1.59. The topological polar surface area (TPSA) is 94.0 Å². The number of thiazole rings is 1. The lowest BCUT2D eigenvalue weighted by Crippen LogP contribution is -2.14. The highest BCUT2D eigenvalue weighted by atomic mass is 32.1. The smallest absolute Gasteiger partial charge is 0.257 e. The lowest BCUT2D eigenvalue weighted by Gasteiger charge is -2.08. The van der Waals surface area contributed by atoms with Crippen LogP contribution in [0.5, 0.6) is 0 Å². The molecule has 3 rings (SSSR count). The highest BCUT2D eigenvalue weighted by Crippen LogP contribution is 2.25. The molecule has 1 aromatic heterocycles. The summed E-state index contributed by atoms with van der Waals surface area (Å²) in [5.41, 5.74) is 14.4. The van der Waals surface area contributed by atoms with Crippen LogP contribution in [0.1, 0.15) is 15.4 Å². The minimum atomic E-state index is -0.256. The van der Waals surface area contributed by atoms with Crippen molar-refractivity contribution in [2.24, 2.45) is 0 Å². The second-order valence-corrected chi connectivity index (χ2v) is 5.95. The molecule has 0 saturated carbocycles. The van der Waals surface area contributed by atoms with Gasteiger partial charge in [0.1, 0.15) is 0 Å². The summed E-state index contributed by atoms with van der Waals surface area (Å²) in [7, 11) is 0. The third-order valence-corrected chi connectivity index (χ3v) is 4.01. The van der Waals surface area contributed by atoms with Gasteiger partial charge in [-0.2, -0.15) is 0 Å². The molecule has 0 atom stereocenters. The third-order valence-electron chi connectivity index (χ3n) is 3.07. The van der Waals surface area contributed by atoms with E-state index in [1.807, 2.05) is 25.1 Å². The molecule has 0 aliphatic carbocycles. The molecule has 0 bridgehead atoms. The summed E-state index contributed by atoms with van der Waals surface area (Å²) in [5, 5.41) is 3.84. The van der Waals surface area contributed by atoms with E-state index in [0.29, 0.717) is 22.6 Å². The van der Waals surface area contributed by atoms with Gasteiger partial charge in [-0.05, 0) is 43.3 Å². The van der Waals surface area contributed by atoms with Gasteiger partial charge in [-0.3, -0.25) is 4.79 Å². The van der Waals surface area contributed by atoms with Crippen LogP contribution in [0.2, 0.25) is 0 Å². The van der Waals surface area contributed by atoms with Gasteiger partial charge in [0, 0.05) is 17.1 Å². The Morgan fingerprint density at radius 2 is 2.00 bits per heavy atom. The largest absolute Gasteiger partial charge is 0.399 e. The van der Waals surface area contributed by atoms with Gasteiger partial charge in [-0.25, -0.2) is 4.98 Å². The fourth-order valence-corrected chi connectivity index (χ4v) is 2.97. The maximum absolute atomic E-state index is 12.2. The van der Waals surface area contributed by atoms with Crippen molar-refractivity contribution in [1.29, 1.82) is 0 Å². The summed E-state index contributed by atoms with van der Waals surface area (Å²) in [6.45, 7) is 1.96. The average molecular weight is 298 g/mol. The number of nitrogens with two attached hydrogens (primary N) is 2. The predicted molar refractivity (Wildman–Crippen MR) is 87.6 cm³/mol. The maximum atomic E-state index is 12.2. The second kappa shape index (κ2) is 5.06. The van der Waals surface area contributed by atoms with Crippen molar-refractivity contribution in [2.75, 3.05) is 16.8 Å². The molecule has 0 saturated heterocycles. The SMILES string of the molecule is Cc1nc2ccc(NC(=O)c3ccc(N)cc3N)cc2s1. The molecule has 6 heteroatoms. The summed E-state index contributed by atoms with van der Waals surface area (Å²) in [5.74, 6) is -0.256. The van der Waals surface area contributed by atoms with E-state index in [0.717, 1.165) is 15.2 Å². The Balaban J connectivity index is 1.88. The van der Waals surface area contributed by atoms with Crippen LogP contribution in [0.25, 0.3) is 10.2 Å². The highest BCUT2D eigenvalue weighted by Gasteiger charge is 2.11. The number of benzene rings is 2. The van der Waals surface area contributed by atoms with Gasteiger partial charge < -0.3 is 16.8 Å². The number of carbonyl (C=O) groups is 1. The summed E-state index contributed by atoms with van der Waals surface area (Å²) in [6.07, 6.45) is 0. The number of amides is 1. The van der Waals surface area contributed by atoms with E-state index in [4.69, 9.17) is 11.5 Å². The molecule has 0 unspecified atom stereocenters. The van der Waals surface area contributed by atoms with Gasteiger partial charge in [-0.1, -0.05) is 0 Å². The molecule has 2 aromatic carbocycles. The molecule has 0 radical (unpaired) electrons.